The first-order valence-corrected chi connectivity index (χ1v) is 6.56. The molecular weight excluding hydrogens is 256 g/mol. The minimum Gasteiger partial charge on any atom is -0.497 e. The Morgan fingerprint density at radius 3 is 3.00 bits per heavy atom. The molecule has 2 aromatic rings. The quantitative estimate of drug-likeness (QED) is 0.728. The number of nitrogens with zero attached hydrogens (tertiary/aromatic N) is 3. The highest BCUT2D eigenvalue weighted by Gasteiger charge is 2.08. The first-order valence-electron chi connectivity index (χ1n) is 6.56. The number of aryl methyl sites for hydroxylation is 1. The van der Waals surface area contributed by atoms with Crippen molar-refractivity contribution in [1.82, 2.24) is 20.1 Å². The summed E-state index contributed by atoms with van der Waals surface area (Å²) < 4.78 is 7.03. The van der Waals surface area contributed by atoms with E-state index in [4.69, 9.17) is 4.74 Å². The van der Waals surface area contributed by atoms with Crippen LogP contribution in [-0.4, -0.2) is 40.1 Å². The van der Waals surface area contributed by atoms with E-state index in [1.165, 1.54) is 0 Å². The van der Waals surface area contributed by atoms with Gasteiger partial charge in [0.1, 0.15) is 17.9 Å². The van der Waals surface area contributed by atoms with Crippen LogP contribution in [0, 0.1) is 0 Å². The van der Waals surface area contributed by atoms with Crippen LogP contribution in [0.1, 0.15) is 17.5 Å². The number of methoxy groups -OCH3 is 1. The van der Waals surface area contributed by atoms with E-state index in [2.05, 4.69) is 15.5 Å². The molecule has 1 aromatic carbocycles. The predicted octanol–water partition coefficient (Wildman–Crippen LogP) is 0.689. The third-order valence-electron chi connectivity index (χ3n) is 3.15. The van der Waals surface area contributed by atoms with Gasteiger partial charge in [0, 0.05) is 26.6 Å². The van der Waals surface area contributed by atoms with Crippen LogP contribution >= 0.6 is 0 Å². The summed E-state index contributed by atoms with van der Waals surface area (Å²) in [6.45, 7) is 1.23. The molecule has 0 aliphatic heterocycles. The fourth-order valence-corrected chi connectivity index (χ4v) is 1.94. The van der Waals surface area contributed by atoms with Crippen LogP contribution in [-0.2, 0) is 13.5 Å². The number of rotatable bonds is 7. The Kier molecular flexibility index (Phi) is 5.09. The van der Waals surface area contributed by atoms with Crippen LogP contribution in [0.25, 0.3) is 0 Å². The molecule has 0 aliphatic rings. The Hall–Kier alpha value is -1.92. The SMILES string of the molecule is COc1cccc(C(O)CNCCc2nncn2C)c1. The maximum absolute atomic E-state index is 10.1. The monoisotopic (exact) mass is 276 g/mol. The lowest BCUT2D eigenvalue weighted by Gasteiger charge is -2.13. The van der Waals surface area contributed by atoms with Crippen molar-refractivity contribution < 1.29 is 9.84 Å². The summed E-state index contributed by atoms with van der Waals surface area (Å²) in [7, 11) is 3.53. The van der Waals surface area contributed by atoms with E-state index >= 15 is 0 Å². The molecule has 0 amide bonds. The Labute approximate surface area is 118 Å². The highest BCUT2D eigenvalue weighted by atomic mass is 16.5. The normalized spacial score (nSPS) is 12.3. The summed E-state index contributed by atoms with van der Waals surface area (Å²) in [4.78, 5) is 0. The topological polar surface area (TPSA) is 72.2 Å². The minimum atomic E-state index is -0.551. The second-order valence-electron chi connectivity index (χ2n) is 4.60. The lowest BCUT2D eigenvalue weighted by Crippen LogP contribution is -2.24. The van der Waals surface area contributed by atoms with Gasteiger partial charge in [-0.25, -0.2) is 0 Å². The molecule has 1 heterocycles. The molecular formula is C14H20N4O2. The van der Waals surface area contributed by atoms with Crippen molar-refractivity contribution in [2.24, 2.45) is 7.05 Å². The molecule has 20 heavy (non-hydrogen) atoms. The summed E-state index contributed by atoms with van der Waals surface area (Å²) in [6, 6.07) is 7.46. The van der Waals surface area contributed by atoms with Gasteiger partial charge in [0.15, 0.2) is 0 Å². The number of benzene rings is 1. The lowest BCUT2D eigenvalue weighted by molar-refractivity contribution is 0.174. The molecule has 0 saturated heterocycles. The third-order valence-corrected chi connectivity index (χ3v) is 3.15. The molecule has 0 fully saturated rings. The van der Waals surface area contributed by atoms with Crippen molar-refractivity contribution >= 4 is 0 Å². The number of aliphatic hydroxyl groups is 1. The fourth-order valence-electron chi connectivity index (χ4n) is 1.94. The van der Waals surface area contributed by atoms with E-state index < -0.39 is 6.10 Å². The number of aliphatic hydroxyl groups excluding tert-OH is 1. The molecule has 0 radical (unpaired) electrons. The van der Waals surface area contributed by atoms with Crippen LogP contribution in [0.4, 0.5) is 0 Å². The second kappa shape index (κ2) is 7.02. The van der Waals surface area contributed by atoms with E-state index in [1.807, 2.05) is 35.9 Å². The van der Waals surface area contributed by atoms with E-state index in [0.29, 0.717) is 6.54 Å². The number of hydrogen-bond acceptors (Lipinski definition) is 5. The van der Waals surface area contributed by atoms with Gasteiger partial charge >= 0.3 is 0 Å². The highest BCUT2D eigenvalue weighted by Crippen LogP contribution is 2.18. The van der Waals surface area contributed by atoms with Gasteiger partial charge in [-0.3, -0.25) is 0 Å². The number of nitrogens with one attached hydrogen (secondary N) is 1. The summed E-state index contributed by atoms with van der Waals surface area (Å²) in [6.07, 6.45) is 1.91. The zero-order valence-electron chi connectivity index (χ0n) is 11.8. The van der Waals surface area contributed by atoms with Crippen LogP contribution in [0.2, 0.25) is 0 Å². The smallest absolute Gasteiger partial charge is 0.133 e. The van der Waals surface area contributed by atoms with Crippen LogP contribution < -0.4 is 10.1 Å². The molecule has 108 valence electrons. The molecule has 0 bridgehead atoms. The molecule has 2 N–H and O–H groups in total. The zero-order chi connectivity index (χ0) is 14.4. The van der Waals surface area contributed by atoms with Gasteiger partial charge in [-0.1, -0.05) is 12.1 Å². The largest absolute Gasteiger partial charge is 0.497 e. The van der Waals surface area contributed by atoms with Gasteiger partial charge in [-0.15, -0.1) is 10.2 Å². The predicted molar refractivity (Wildman–Crippen MR) is 75.5 cm³/mol. The van der Waals surface area contributed by atoms with Crippen molar-refractivity contribution in [2.45, 2.75) is 12.5 Å². The third kappa shape index (κ3) is 3.79. The summed E-state index contributed by atoms with van der Waals surface area (Å²) in [5.74, 6) is 1.68. The highest BCUT2D eigenvalue weighted by molar-refractivity contribution is 5.29. The molecule has 2 rings (SSSR count). The first-order chi connectivity index (χ1) is 9.70. The van der Waals surface area contributed by atoms with Crippen LogP contribution in [0.5, 0.6) is 5.75 Å². The number of ether oxygens (including phenoxy) is 1. The van der Waals surface area contributed by atoms with Crippen LogP contribution in [0.15, 0.2) is 30.6 Å². The van der Waals surface area contributed by atoms with Crippen molar-refractivity contribution in [3.8, 4) is 5.75 Å². The molecule has 0 spiro atoms. The molecule has 6 heteroatoms. The Morgan fingerprint density at radius 2 is 2.30 bits per heavy atom. The standard InChI is InChI=1S/C14H20N4O2/c1-18-10-16-17-14(18)6-7-15-9-13(19)11-4-3-5-12(8-11)20-2/h3-5,8,10,13,15,19H,6-7,9H2,1-2H3. The fraction of sp³-hybridized carbons (Fsp3) is 0.429. The van der Waals surface area contributed by atoms with Gasteiger partial charge in [0.25, 0.3) is 0 Å². The summed E-state index contributed by atoms with van der Waals surface area (Å²) in [5, 5.41) is 21.1. The molecule has 1 atom stereocenters. The number of aromatic nitrogens is 3. The Morgan fingerprint density at radius 1 is 1.45 bits per heavy atom. The van der Waals surface area contributed by atoms with Gasteiger partial charge in [0.2, 0.25) is 0 Å². The molecule has 1 aromatic heterocycles. The summed E-state index contributed by atoms with van der Waals surface area (Å²) in [5.41, 5.74) is 0.843. The zero-order valence-corrected chi connectivity index (χ0v) is 11.8. The molecule has 0 aliphatic carbocycles. The van der Waals surface area contributed by atoms with E-state index in [1.54, 1.807) is 13.4 Å². The second-order valence-corrected chi connectivity index (χ2v) is 4.60. The molecule has 6 nitrogen and oxygen atoms in total. The van der Waals surface area contributed by atoms with Crippen molar-refractivity contribution in [3.05, 3.63) is 42.0 Å². The van der Waals surface area contributed by atoms with Crippen molar-refractivity contribution in [2.75, 3.05) is 20.2 Å². The van der Waals surface area contributed by atoms with E-state index in [-0.39, 0.29) is 0 Å². The Balaban J connectivity index is 1.77. The van der Waals surface area contributed by atoms with Gasteiger partial charge in [-0.05, 0) is 17.7 Å². The molecule has 1 unspecified atom stereocenters. The van der Waals surface area contributed by atoms with E-state index in [9.17, 15) is 5.11 Å². The average Bonchev–Trinajstić information content (AvgIpc) is 2.89. The van der Waals surface area contributed by atoms with E-state index in [0.717, 1.165) is 30.1 Å². The lowest BCUT2D eigenvalue weighted by atomic mass is 10.1. The summed E-state index contributed by atoms with van der Waals surface area (Å²) >= 11 is 0. The maximum Gasteiger partial charge on any atom is 0.133 e. The Bertz CT molecular complexity index is 541. The minimum absolute atomic E-state index is 0.491. The van der Waals surface area contributed by atoms with Crippen molar-refractivity contribution in [1.29, 1.82) is 0 Å². The van der Waals surface area contributed by atoms with Gasteiger partial charge in [0.05, 0.1) is 13.2 Å². The van der Waals surface area contributed by atoms with Crippen LogP contribution in [0.3, 0.4) is 0 Å². The number of hydrogen-bond donors (Lipinski definition) is 2. The maximum atomic E-state index is 10.1. The average molecular weight is 276 g/mol. The molecule has 0 saturated carbocycles. The van der Waals surface area contributed by atoms with Gasteiger partial charge < -0.3 is 19.7 Å². The van der Waals surface area contributed by atoms with Gasteiger partial charge in [-0.2, -0.15) is 0 Å². The first kappa shape index (κ1) is 14.5. The van der Waals surface area contributed by atoms with Crippen molar-refractivity contribution in [3.63, 3.8) is 0 Å².